The second kappa shape index (κ2) is 9.54. The SMILES string of the molecule is CC(C)(C)CN=C(NC(=O)c1ccc(C(F)(F)F)cc1)Nc1cc(-c2ccc(O)cc2F)[nH]n1. The van der Waals surface area contributed by atoms with Crippen molar-refractivity contribution >= 4 is 17.7 Å². The van der Waals surface area contributed by atoms with Crippen LogP contribution in [0.4, 0.5) is 23.4 Å². The Morgan fingerprint density at radius 1 is 1.09 bits per heavy atom. The van der Waals surface area contributed by atoms with Gasteiger partial charge in [-0.3, -0.25) is 20.2 Å². The molecule has 7 nitrogen and oxygen atoms in total. The van der Waals surface area contributed by atoms with Gasteiger partial charge in [0.15, 0.2) is 5.82 Å². The van der Waals surface area contributed by atoms with E-state index in [1.165, 1.54) is 18.2 Å². The smallest absolute Gasteiger partial charge is 0.416 e. The summed E-state index contributed by atoms with van der Waals surface area (Å²) >= 11 is 0. The van der Waals surface area contributed by atoms with Gasteiger partial charge in [0.1, 0.15) is 11.6 Å². The van der Waals surface area contributed by atoms with Crippen molar-refractivity contribution < 1.29 is 27.5 Å². The highest BCUT2D eigenvalue weighted by molar-refractivity contribution is 6.09. The first-order valence-electron chi connectivity index (χ1n) is 10.2. The second-order valence-corrected chi connectivity index (χ2v) is 8.71. The van der Waals surface area contributed by atoms with Crippen molar-refractivity contribution in [2.24, 2.45) is 10.4 Å². The molecule has 0 saturated heterocycles. The minimum Gasteiger partial charge on any atom is -0.508 e. The van der Waals surface area contributed by atoms with Gasteiger partial charge in [0, 0.05) is 29.8 Å². The van der Waals surface area contributed by atoms with Crippen LogP contribution in [0.1, 0.15) is 36.7 Å². The molecule has 0 aliphatic heterocycles. The van der Waals surface area contributed by atoms with Crippen molar-refractivity contribution in [1.82, 2.24) is 15.5 Å². The van der Waals surface area contributed by atoms with Gasteiger partial charge < -0.3 is 10.4 Å². The van der Waals surface area contributed by atoms with Gasteiger partial charge in [-0.1, -0.05) is 20.8 Å². The van der Waals surface area contributed by atoms with E-state index >= 15 is 0 Å². The molecule has 0 saturated carbocycles. The van der Waals surface area contributed by atoms with Crippen molar-refractivity contribution in [2.75, 3.05) is 11.9 Å². The predicted molar refractivity (Wildman–Crippen MR) is 120 cm³/mol. The van der Waals surface area contributed by atoms with E-state index < -0.39 is 23.5 Å². The minimum atomic E-state index is -4.51. The lowest BCUT2D eigenvalue weighted by molar-refractivity contribution is -0.137. The number of phenolic OH excluding ortho intramolecular Hbond substituents is 1. The molecule has 1 heterocycles. The zero-order valence-electron chi connectivity index (χ0n) is 18.6. The Hall–Kier alpha value is -3.89. The summed E-state index contributed by atoms with van der Waals surface area (Å²) in [5.41, 5.74) is -0.608. The number of halogens is 4. The molecule has 2 aromatic carbocycles. The Kier molecular flexibility index (Phi) is 6.94. The van der Waals surface area contributed by atoms with Crippen LogP contribution >= 0.6 is 0 Å². The zero-order chi connectivity index (χ0) is 25.1. The zero-order valence-corrected chi connectivity index (χ0v) is 18.6. The fourth-order valence-corrected chi connectivity index (χ4v) is 2.78. The summed E-state index contributed by atoms with van der Waals surface area (Å²) in [5.74, 6) is -1.32. The molecule has 0 radical (unpaired) electrons. The Balaban J connectivity index is 1.80. The van der Waals surface area contributed by atoms with Gasteiger partial charge in [-0.15, -0.1) is 0 Å². The first-order chi connectivity index (χ1) is 15.8. The number of rotatable bonds is 4. The topological polar surface area (TPSA) is 102 Å². The number of carbonyl (C=O) groups is 1. The van der Waals surface area contributed by atoms with Gasteiger partial charge in [0.2, 0.25) is 5.96 Å². The van der Waals surface area contributed by atoms with E-state index in [0.717, 1.165) is 30.3 Å². The van der Waals surface area contributed by atoms with Crippen LogP contribution < -0.4 is 10.6 Å². The summed E-state index contributed by atoms with van der Waals surface area (Å²) in [7, 11) is 0. The average molecular weight is 477 g/mol. The largest absolute Gasteiger partial charge is 0.508 e. The van der Waals surface area contributed by atoms with Crippen molar-refractivity contribution in [2.45, 2.75) is 26.9 Å². The van der Waals surface area contributed by atoms with E-state index in [9.17, 15) is 27.5 Å². The lowest BCUT2D eigenvalue weighted by atomic mass is 9.97. The van der Waals surface area contributed by atoms with Gasteiger partial charge in [0.25, 0.3) is 5.91 Å². The van der Waals surface area contributed by atoms with Crippen LogP contribution in [0.3, 0.4) is 0 Å². The van der Waals surface area contributed by atoms with Crippen molar-refractivity contribution in [3.8, 4) is 17.0 Å². The lowest BCUT2D eigenvalue weighted by Crippen LogP contribution is -2.37. The fourth-order valence-electron chi connectivity index (χ4n) is 2.78. The molecule has 0 bridgehead atoms. The average Bonchev–Trinajstić information content (AvgIpc) is 3.19. The number of hydrogen-bond acceptors (Lipinski definition) is 4. The van der Waals surface area contributed by atoms with Crippen molar-refractivity contribution in [1.29, 1.82) is 0 Å². The first-order valence-corrected chi connectivity index (χ1v) is 10.2. The third-order valence-electron chi connectivity index (χ3n) is 4.49. The van der Waals surface area contributed by atoms with E-state index in [4.69, 9.17) is 0 Å². The maximum Gasteiger partial charge on any atom is 0.416 e. The number of anilines is 1. The van der Waals surface area contributed by atoms with Crippen molar-refractivity contribution in [3.05, 3.63) is 65.5 Å². The standard InChI is InChI=1S/C23H23F4N5O2/c1-22(2,3)12-28-21(30-20(34)13-4-6-14(7-5-13)23(25,26)27)29-19-11-18(31-32-19)16-9-8-15(33)10-17(16)24/h4-11,33H,12H2,1-3H3,(H3,28,29,30,31,32,34). The van der Waals surface area contributed by atoms with Crippen molar-refractivity contribution in [3.63, 3.8) is 0 Å². The molecule has 4 N–H and O–H groups in total. The summed E-state index contributed by atoms with van der Waals surface area (Å²) in [5, 5.41) is 21.4. The van der Waals surface area contributed by atoms with E-state index in [1.54, 1.807) is 0 Å². The number of amides is 1. The molecule has 3 aromatic rings. The number of guanidine groups is 1. The molecule has 0 unspecified atom stereocenters. The third-order valence-corrected chi connectivity index (χ3v) is 4.49. The normalized spacial score (nSPS) is 12.5. The van der Waals surface area contributed by atoms with Crippen LogP contribution in [0.2, 0.25) is 0 Å². The number of aromatic nitrogens is 2. The number of carbonyl (C=O) groups excluding carboxylic acids is 1. The van der Waals surface area contributed by atoms with Gasteiger partial charge in [-0.2, -0.15) is 18.3 Å². The summed E-state index contributed by atoms with van der Waals surface area (Å²) in [6.07, 6.45) is -4.51. The number of aromatic hydroxyl groups is 1. The van der Waals surface area contributed by atoms with E-state index in [0.29, 0.717) is 12.2 Å². The number of nitrogens with zero attached hydrogens (tertiary/aromatic N) is 2. The first kappa shape index (κ1) is 24.7. The van der Waals surface area contributed by atoms with Gasteiger partial charge in [-0.05, 0) is 41.8 Å². The Morgan fingerprint density at radius 3 is 2.35 bits per heavy atom. The number of hydrogen-bond donors (Lipinski definition) is 4. The van der Waals surface area contributed by atoms with Crippen LogP contribution in [0.25, 0.3) is 11.3 Å². The summed E-state index contributed by atoms with van der Waals surface area (Å²) in [6, 6.07) is 8.92. The van der Waals surface area contributed by atoms with Crippen LogP contribution in [-0.2, 0) is 6.18 Å². The minimum absolute atomic E-state index is 0.00661. The summed E-state index contributed by atoms with van der Waals surface area (Å²) < 4.78 is 52.5. The number of phenols is 1. The molecule has 1 aromatic heterocycles. The van der Waals surface area contributed by atoms with Gasteiger partial charge in [0.05, 0.1) is 11.3 Å². The molecule has 1 amide bonds. The molecule has 180 valence electrons. The van der Waals surface area contributed by atoms with E-state index in [-0.39, 0.29) is 34.1 Å². The summed E-state index contributed by atoms with van der Waals surface area (Å²) in [4.78, 5) is 17.0. The third kappa shape index (κ3) is 6.56. The fraction of sp³-hybridized carbons (Fsp3) is 0.261. The van der Waals surface area contributed by atoms with Gasteiger partial charge >= 0.3 is 6.18 Å². The number of nitrogens with one attached hydrogen (secondary N) is 3. The molecular formula is C23H23F4N5O2. The maximum absolute atomic E-state index is 14.1. The number of aromatic amines is 1. The molecule has 0 aliphatic carbocycles. The van der Waals surface area contributed by atoms with Crippen LogP contribution in [0, 0.1) is 11.2 Å². The monoisotopic (exact) mass is 477 g/mol. The Labute approximate surface area is 192 Å². The lowest BCUT2D eigenvalue weighted by Gasteiger charge is -2.17. The molecule has 11 heteroatoms. The van der Waals surface area contributed by atoms with Crippen LogP contribution in [-0.4, -0.2) is 33.7 Å². The molecule has 0 aliphatic rings. The Morgan fingerprint density at radius 2 is 1.76 bits per heavy atom. The number of benzene rings is 2. The number of alkyl halides is 3. The van der Waals surface area contributed by atoms with Crippen LogP contribution in [0.15, 0.2) is 53.5 Å². The van der Waals surface area contributed by atoms with Gasteiger partial charge in [-0.25, -0.2) is 4.39 Å². The Bertz CT molecular complexity index is 1200. The highest BCUT2D eigenvalue weighted by atomic mass is 19.4. The maximum atomic E-state index is 14.1. The quantitative estimate of drug-likeness (QED) is 0.236. The molecule has 0 fully saturated rings. The highest BCUT2D eigenvalue weighted by Gasteiger charge is 2.30. The second-order valence-electron chi connectivity index (χ2n) is 8.71. The van der Waals surface area contributed by atoms with E-state index in [1.807, 2.05) is 20.8 Å². The molecular weight excluding hydrogens is 454 g/mol. The summed E-state index contributed by atoms with van der Waals surface area (Å²) in [6.45, 7) is 6.12. The molecule has 0 spiro atoms. The molecule has 34 heavy (non-hydrogen) atoms. The predicted octanol–water partition coefficient (Wildman–Crippen LogP) is 5.18. The molecule has 3 rings (SSSR count). The van der Waals surface area contributed by atoms with E-state index in [2.05, 4.69) is 25.8 Å². The molecule has 0 atom stereocenters. The number of aliphatic imine (C=N–C) groups is 1. The number of H-pyrrole nitrogens is 1. The highest BCUT2D eigenvalue weighted by Crippen LogP contribution is 2.29. The van der Waals surface area contributed by atoms with Crippen LogP contribution in [0.5, 0.6) is 5.75 Å².